The van der Waals surface area contributed by atoms with Gasteiger partial charge in [-0.3, -0.25) is 19.5 Å². The second kappa shape index (κ2) is 10.9. The van der Waals surface area contributed by atoms with Gasteiger partial charge in [-0.1, -0.05) is 25.1 Å². The summed E-state index contributed by atoms with van der Waals surface area (Å²) in [6.45, 7) is 1.26. The molecule has 5 rings (SSSR count). The average Bonchev–Trinajstić information content (AvgIpc) is 3.49. The van der Waals surface area contributed by atoms with Crippen LogP contribution in [0, 0.1) is 16.0 Å². The Bertz CT molecular complexity index is 1650. The van der Waals surface area contributed by atoms with Gasteiger partial charge in [0.1, 0.15) is 12.1 Å². The first-order valence-corrected chi connectivity index (χ1v) is 13.3. The molecule has 1 amide bonds. The summed E-state index contributed by atoms with van der Waals surface area (Å²) in [7, 11) is -4.34. The van der Waals surface area contributed by atoms with Gasteiger partial charge < -0.3 is 14.2 Å². The molecule has 2 aromatic heterocycles. The van der Waals surface area contributed by atoms with Crippen LogP contribution in [0.1, 0.15) is 23.5 Å². The van der Waals surface area contributed by atoms with Gasteiger partial charge in [-0.05, 0) is 24.3 Å². The van der Waals surface area contributed by atoms with Crippen molar-refractivity contribution in [2.24, 2.45) is 5.92 Å². The van der Waals surface area contributed by atoms with Gasteiger partial charge in [0.25, 0.3) is 11.6 Å². The number of carbonyl (C=O) groups is 1. The van der Waals surface area contributed by atoms with Crippen molar-refractivity contribution in [1.82, 2.24) is 24.2 Å². The molecule has 0 saturated carbocycles. The van der Waals surface area contributed by atoms with E-state index in [0.717, 1.165) is 24.3 Å². The first-order valence-electron chi connectivity index (χ1n) is 11.9. The first-order chi connectivity index (χ1) is 19.1. The van der Waals surface area contributed by atoms with E-state index in [9.17, 15) is 23.3 Å². The number of halogens is 1. The fourth-order valence-electron chi connectivity index (χ4n) is 4.16. The summed E-state index contributed by atoms with van der Waals surface area (Å²) in [4.78, 5) is 35.2. The van der Waals surface area contributed by atoms with Crippen LogP contribution in [0.3, 0.4) is 0 Å². The minimum absolute atomic E-state index is 0.131. The summed E-state index contributed by atoms with van der Waals surface area (Å²) in [6.07, 6.45) is -1.11. The van der Waals surface area contributed by atoms with Crippen LogP contribution in [-0.4, -0.2) is 57.6 Å². The van der Waals surface area contributed by atoms with Gasteiger partial charge in [0.2, 0.25) is 0 Å². The zero-order chi connectivity index (χ0) is 28.4. The van der Waals surface area contributed by atoms with Crippen molar-refractivity contribution >= 4 is 38.9 Å². The number of non-ortho nitro benzene ring substituents is 1. The molecular formula is C24H22FN7O7S. The van der Waals surface area contributed by atoms with Gasteiger partial charge >= 0.3 is 10.3 Å². The molecular weight excluding hydrogens is 549 g/mol. The Morgan fingerprint density at radius 2 is 1.88 bits per heavy atom. The number of nitrogens with zero attached hydrogens (tertiary/aromatic N) is 5. The Morgan fingerprint density at radius 3 is 2.58 bits per heavy atom. The van der Waals surface area contributed by atoms with E-state index in [1.807, 2.05) is 0 Å². The van der Waals surface area contributed by atoms with Crippen LogP contribution in [0.15, 0.2) is 67.3 Å². The summed E-state index contributed by atoms with van der Waals surface area (Å²) in [5.41, 5.74) is 0.610. The van der Waals surface area contributed by atoms with Crippen LogP contribution in [-0.2, 0) is 15.0 Å². The zero-order valence-electron chi connectivity index (χ0n) is 20.7. The number of ether oxygens (including phenoxy) is 1. The fourth-order valence-corrected chi connectivity index (χ4v) is 4.95. The Hall–Kier alpha value is -4.54. The molecule has 0 unspecified atom stereocenters. The van der Waals surface area contributed by atoms with Crippen molar-refractivity contribution in [2.45, 2.75) is 25.4 Å². The predicted octanol–water partition coefficient (Wildman–Crippen LogP) is 2.77. The smallest absolute Gasteiger partial charge is 0.371 e. The van der Waals surface area contributed by atoms with E-state index in [4.69, 9.17) is 8.92 Å². The van der Waals surface area contributed by atoms with E-state index in [1.165, 1.54) is 17.2 Å². The maximum atomic E-state index is 15.4. The molecule has 1 fully saturated rings. The Labute approximate surface area is 226 Å². The highest BCUT2D eigenvalue weighted by molar-refractivity contribution is 7.85. The van der Waals surface area contributed by atoms with E-state index in [0.29, 0.717) is 5.56 Å². The van der Waals surface area contributed by atoms with Gasteiger partial charge in [0, 0.05) is 30.2 Å². The third-order valence-electron chi connectivity index (χ3n) is 6.29. The van der Waals surface area contributed by atoms with Crippen LogP contribution >= 0.6 is 0 Å². The third kappa shape index (κ3) is 5.58. The van der Waals surface area contributed by atoms with Crippen LogP contribution in [0.5, 0.6) is 5.75 Å². The zero-order valence-corrected chi connectivity index (χ0v) is 21.6. The topological polar surface area (TPSA) is 180 Å². The number of nitro benzene ring substituents is 1. The minimum atomic E-state index is -4.34. The minimum Gasteiger partial charge on any atom is -0.371 e. The van der Waals surface area contributed by atoms with Crippen molar-refractivity contribution in [1.29, 1.82) is 0 Å². The van der Waals surface area contributed by atoms with Gasteiger partial charge in [-0.25, -0.2) is 19.3 Å². The predicted molar refractivity (Wildman–Crippen MR) is 138 cm³/mol. The molecule has 1 aliphatic heterocycles. The molecule has 16 heteroatoms. The first kappa shape index (κ1) is 27.0. The number of benzene rings is 2. The molecule has 3 heterocycles. The maximum Gasteiger partial charge on any atom is 0.382 e. The number of imidazole rings is 1. The number of aromatic nitrogens is 4. The van der Waals surface area contributed by atoms with Crippen molar-refractivity contribution in [2.75, 3.05) is 11.9 Å². The highest BCUT2D eigenvalue weighted by Crippen LogP contribution is 2.37. The lowest BCUT2D eigenvalue weighted by Crippen LogP contribution is -2.37. The van der Waals surface area contributed by atoms with Crippen molar-refractivity contribution in [3.63, 3.8) is 0 Å². The number of nitro groups is 1. The number of alkyl halides is 1. The molecule has 1 saturated heterocycles. The van der Waals surface area contributed by atoms with Gasteiger partial charge in [0.15, 0.2) is 29.4 Å². The second-order valence-electron chi connectivity index (χ2n) is 8.87. The van der Waals surface area contributed by atoms with Gasteiger partial charge in [-0.15, -0.1) is 0 Å². The number of fused-ring (bicyclic) bond motifs is 1. The molecule has 40 heavy (non-hydrogen) atoms. The highest BCUT2D eigenvalue weighted by atomic mass is 32.2. The lowest BCUT2D eigenvalue weighted by atomic mass is 10.0. The number of hydrogen-bond donors (Lipinski definition) is 2. The van der Waals surface area contributed by atoms with E-state index in [-0.39, 0.29) is 35.0 Å². The van der Waals surface area contributed by atoms with E-state index in [1.54, 1.807) is 37.3 Å². The molecule has 0 spiro atoms. The van der Waals surface area contributed by atoms with Gasteiger partial charge in [-0.2, -0.15) is 13.1 Å². The Balaban J connectivity index is 1.27. The van der Waals surface area contributed by atoms with Crippen molar-refractivity contribution in [3.8, 4) is 5.75 Å². The third-order valence-corrected chi connectivity index (χ3v) is 7.22. The standard InChI is InChI=1S/C24H22FN7O7S/c1-14-18(11-29-40(36,37)39-17-9-7-16(8-10-17)32(34)35)38-24(19(14)25)31-13-28-20-21(26-12-27-22(20)31)30-23(33)15-5-3-2-4-6-15/h2-10,12-14,18-19,24,29H,11H2,1H3,(H,26,27,30,33)/t14-,18+,19+,24+/m0/s1. The summed E-state index contributed by atoms with van der Waals surface area (Å²) >= 11 is 0. The molecule has 4 atom stereocenters. The van der Waals surface area contributed by atoms with E-state index < -0.39 is 45.6 Å². The number of anilines is 1. The average molecular weight is 572 g/mol. The SMILES string of the molecule is C[C@@H]1[C@@H](F)[C@H](n2cnc3c(NC(=O)c4ccccc4)ncnc32)O[C@@H]1CNS(=O)(=O)Oc1ccc([N+](=O)[O-])cc1. The normalized spacial score (nSPS) is 20.9. The molecule has 0 aliphatic carbocycles. The van der Waals surface area contributed by atoms with Crippen LogP contribution < -0.4 is 14.2 Å². The Kier molecular flexibility index (Phi) is 7.38. The lowest BCUT2D eigenvalue weighted by molar-refractivity contribution is -0.384. The molecule has 2 N–H and O–H groups in total. The van der Waals surface area contributed by atoms with Crippen LogP contribution in [0.4, 0.5) is 15.9 Å². The summed E-state index contributed by atoms with van der Waals surface area (Å²) < 4.78 is 54.5. The highest BCUT2D eigenvalue weighted by Gasteiger charge is 2.44. The molecule has 0 radical (unpaired) electrons. The van der Waals surface area contributed by atoms with E-state index in [2.05, 4.69) is 25.0 Å². The molecule has 14 nitrogen and oxygen atoms in total. The number of hydrogen-bond acceptors (Lipinski definition) is 10. The number of carbonyl (C=O) groups excluding carboxylic acids is 1. The number of nitrogens with one attached hydrogen (secondary N) is 2. The van der Waals surface area contributed by atoms with Crippen LogP contribution in [0.25, 0.3) is 11.2 Å². The summed E-state index contributed by atoms with van der Waals surface area (Å²) in [5, 5.41) is 13.4. The van der Waals surface area contributed by atoms with Gasteiger partial charge in [0.05, 0.1) is 17.4 Å². The lowest BCUT2D eigenvalue weighted by Gasteiger charge is -2.16. The number of amides is 1. The van der Waals surface area contributed by atoms with Crippen molar-refractivity contribution in [3.05, 3.63) is 82.9 Å². The maximum absolute atomic E-state index is 15.4. The largest absolute Gasteiger partial charge is 0.382 e. The second-order valence-corrected chi connectivity index (χ2v) is 10.2. The molecule has 4 aromatic rings. The quantitative estimate of drug-likeness (QED) is 0.224. The number of rotatable bonds is 9. The monoisotopic (exact) mass is 571 g/mol. The van der Waals surface area contributed by atoms with Crippen LogP contribution in [0.2, 0.25) is 0 Å². The fraction of sp³-hybridized carbons (Fsp3) is 0.250. The van der Waals surface area contributed by atoms with E-state index >= 15 is 4.39 Å². The molecule has 208 valence electrons. The molecule has 1 aliphatic rings. The Morgan fingerprint density at radius 1 is 1.15 bits per heavy atom. The molecule has 0 bridgehead atoms. The summed E-state index contributed by atoms with van der Waals surface area (Å²) in [5.74, 6) is -1.15. The summed E-state index contributed by atoms with van der Waals surface area (Å²) in [6, 6.07) is 13.0. The van der Waals surface area contributed by atoms with Crippen molar-refractivity contribution < 1.29 is 31.4 Å². The molecule has 2 aromatic carbocycles.